The molecule has 0 aliphatic heterocycles. The van der Waals surface area contributed by atoms with Crippen LogP contribution in [-0.2, 0) is 6.42 Å². The van der Waals surface area contributed by atoms with Crippen molar-refractivity contribution < 1.29 is 4.52 Å². The van der Waals surface area contributed by atoms with Crippen LogP contribution in [0.15, 0.2) is 4.52 Å². The Morgan fingerprint density at radius 2 is 1.95 bits per heavy atom. The van der Waals surface area contributed by atoms with Gasteiger partial charge in [-0.05, 0) is 43.4 Å². The average Bonchev–Trinajstić information content (AvgIpc) is 2.87. The van der Waals surface area contributed by atoms with Crippen molar-refractivity contribution in [3.05, 3.63) is 11.7 Å². The molecule has 0 amide bonds. The van der Waals surface area contributed by atoms with Gasteiger partial charge in [-0.15, -0.1) is 0 Å². The van der Waals surface area contributed by atoms with Crippen molar-refractivity contribution in [3.8, 4) is 6.07 Å². The third-order valence-electron chi connectivity index (χ3n) is 4.48. The van der Waals surface area contributed by atoms with E-state index in [-0.39, 0.29) is 0 Å². The van der Waals surface area contributed by atoms with E-state index < -0.39 is 0 Å². The third-order valence-corrected chi connectivity index (χ3v) is 4.48. The molecule has 1 aliphatic rings. The molecule has 110 valence electrons. The Labute approximate surface area is 121 Å². The lowest BCUT2D eigenvalue weighted by Gasteiger charge is -2.36. The SMILES string of the molecule is CC(C)(C)C1CCC(c2noc(CCCC#N)n2)CC1. The fourth-order valence-electron chi connectivity index (χ4n) is 3.07. The van der Waals surface area contributed by atoms with Crippen LogP contribution in [0.3, 0.4) is 0 Å². The van der Waals surface area contributed by atoms with Crippen LogP contribution in [0.2, 0.25) is 0 Å². The molecule has 0 saturated heterocycles. The number of unbranched alkanes of at least 4 members (excludes halogenated alkanes) is 1. The topological polar surface area (TPSA) is 62.7 Å². The molecule has 1 heterocycles. The van der Waals surface area contributed by atoms with Crippen LogP contribution >= 0.6 is 0 Å². The van der Waals surface area contributed by atoms with Crippen LogP contribution < -0.4 is 0 Å². The van der Waals surface area contributed by atoms with Gasteiger partial charge >= 0.3 is 0 Å². The molecule has 20 heavy (non-hydrogen) atoms. The lowest BCUT2D eigenvalue weighted by molar-refractivity contribution is 0.166. The third kappa shape index (κ3) is 3.82. The summed E-state index contributed by atoms with van der Waals surface area (Å²) in [6.45, 7) is 7.00. The van der Waals surface area contributed by atoms with Gasteiger partial charge in [0.05, 0.1) is 6.07 Å². The van der Waals surface area contributed by atoms with Crippen molar-refractivity contribution >= 4 is 0 Å². The minimum atomic E-state index is 0.407. The van der Waals surface area contributed by atoms with Gasteiger partial charge in [-0.25, -0.2) is 0 Å². The molecule has 4 nitrogen and oxygen atoms in total. The molecule has 1 aliphatic carbocycles. The Hall–Kier alpha value is -1.37. The van der Waals surface area contributed by atoms with Crippen LogP contribution in [0.1, 0.15) is 76.9 Å². The zero-order valence-electron chi connectivity index (χ0n) is 12.9. The van der Waals surface area contributed by atoms with E-state index in [1.807, 2.05) is 0 Å². The highest BCUT2D eigenvalue weighted by Gasteiger charge is 2.31. The highest BCUT2D eigenvalue weighted by molar-refractivity contribution is 4.99. The molecule has 4 heteroatoms. The van der Waals surface area contributed by atoms with E-state index in [1.165, 1.54) is 25.7 Å². The van der Waals surface area contributed by atoms with Crippen LogP contribution in [0.4, 0.5) is 0 Å². The normalized spacial score (nSPS) is 23.5. The molecule has 0 atom stereocenters. The van der Waals surface area contributed by atoms with Gasteiger partial charge in [-0.3, -0.25) is 0 Å². The molecule has 2 rings (SSSR count). The van der Waals surface area contributed by atoms with Crippen molar-refractivity contribution in [1.29, 1.82) is 5.26 Å². The summed E-state index contributed by atoms with van der Waals surface area (Å²) >= 11 is 0. The Bertz CT molecular complexity index is 459. The molecule has 1 aromatic rings. The van der Waals surface area contributed by atoms with E-state index >= 15 is 0 Å². The van der Waals surface area contributed by atoms with E-state index in [9.17, 15) is 0 Å². The first-order valence-corrected chi connectivity index (χ1v) is 7.70. The molecule has 1 saturated carbocycles. The monoisotopic (exact) mass is 275 g/mol. The van der Waals surface area contributed by atoms with E-state index in [1.54, 1.807) is 0 Å². The minimum Gasteiger partial charge on any atom is -0.339 e. The number of aryl methyl sites for hydroxylation is 1. The summed E-state index contributed by atoms with van der Waals surface area (Å²) in [6, 6.07) is 2.14. The molecule has 0 N–H and O–H groups in total. The zero-order valence-corrected chi connectivity index (χ0v) is 12.9. The molecule has 0 spiro atoms. The highest BCUT2D eigenvalue weighted by atomic mass is 16.5. The van der Waals surface area contributed by atoms with E-state index in [4.69, 9.17) is 9.78 Å². The van der Waals surface area contributed by atoms with Crippen molar-refractivity contribution in [2.75, 3.05) is 0 Å². The first-order chi connectivity index (χ1) is 9.50. The predicted octanol–water partition coefficient (Wildman–Crippen LogP) is 4.24. The van der Waals surface area contributed by atoms with Crippen molar-refractivity contribution in [1.82, 2.24) is 10.1 Å². The highest BCUT2D eigenvalue weighted by Crippen LogP contribution is 2.42. The molecule has 1 fully saturated rings. The van der Waals surface area contributed by atoms with Gasteiger partial charge in [-0.2, -0.15) is 10.2 Å². The number of nitriles is 1. The number of nitrogens with zero attached hydrogens (tertiary/aromatic N) is 3. The lowest BCUT2D eigenvalue weighted by Crippen LogP contribution is -2.25. The molecular formula is C16H25N3O. The standard InChI is InChI=1S/C16H25N3O/c1-16(2,3)13-9-7-12(8-10-13)15-18-14(20-19-15)6-4-5-11-17/h12-13H,4-10H2,1-3H3. The number of hydrogen-bond donors (Lipinski definition) is 0. The summed E-state index contributed by atoms with van der Waals surface area (Å²) in [7, 11) is 0. The summed E-state index contributed by atoms with van der Waals surface area (Å²) in [5, 5.41) is 12.7. The van der Waals surface area contributed by atoms with Crippen molar-refractivity contribution in [2.45, 2.75) is 71.6 Å². The largest absolute Gasteiger partial charge is 0.339 e. The summed E-state index contributed by atoms with van der Waals surface area (Å²) in [5.41, 5.74) is 0.407. The molecule has 1 aromatic heterocycles. The molecule has 0 unspecified atom stereocenters. The fourth-order valence-corrected chi connectivity index (χ4v) is 3.07. The summed E-state index contributed by atoms with van der Waals surface area (Å²) < 4.78 is 5.29. The van der Waals surface area contributed by atoms with Gasteiger partial charge in [0.15, 0.2) is 5.82 Å². The number of aromatic nitrogens is 2. The zero-order chi connectivity index (χ0) is 14.6. The Balaban J connectivity index is 1.86. The van der Waals surface area contributed by atoms with Crippen molar-refractivity contribution in [2.24, 2.45) is 11.3 Å². The van der Waals surface area contributed by atoms with Gasteiger partial charge in [0.2, 0.25) is 5.89 Å². The lowest BCUT2D eigenvalue weighted by atomic mass is 9.70. The maximum absolute atomic E-state index is 8.53. The van der Waals surface area contributed by atoms with Crippen molar-refractivity contribution in [3.63, 3.8) is 0 Å². The molecule has 0 radical (unpaired) electrons. The van der Waals surface area contributed by atoms with Crippen LogP contribution in [0.25, 0.3) is 0 Å². The maximum atomic E-state index is 8.53. The fraction of sp³-hybridized carbons (Fsp3) is 0.812. The van der Waals surface area contributed by atoms with E-state index in [0.717, 1.165) is 24.6 Å². The summed E-state index contributed by atoms with van der Waals surface area (Å²) in [4.78, 5) is 4.51. The molecule has 0 bridgehead atoms. The molecule has 0 aromatic carbocycles. The van der Waals surface area contributed by atoms with Gasteiger partial charge in [0.25, 0.3) is 0 Å². The first kappa shape index (κ1) is 15.0. The number of rotatable bonds is 4. The van der Waals surface area contributed by atoms with E-state index in [0.29, 0.717) is 23.6 Å². The number of hydrogen-bond acceptors (Lipinski definition) is 4. The Morgan fingerprint density at radius 1 is 1.25 bits per heavy atom. The smallest absolute Gasteiger partial charge is 0.226 e. The Morgan fingerprint density at radius 3 is 2.55 bits per heavy atom. The second-order valence-electron chi connectivity index (χ2n) is 6.97. The first-order valence-electron chi connectivity index (χ1n) is 7.70. The van der Waals surface area contributed by atoms with Crippen LogP contribution in [0.5, 0.6) is 0 Å². The van der Waals surface area contributed by atoms with Gasteiger partial charge in [-0.1, -0.05) is 25.9 Å². The minimum absolute atomic E-state index is 0.407. The van der Waals surface area contributed by atoms with E-state index in [2.05, 4.69) is 37.0 Å². The van der Waals surface area contributed by atoms with Crippen LogP contribution in [0, 0.1) is 22.7 Å². The Kier molecular flexibility index (Phi) is 4.80. The summed E-state index contributed by atoms with van der Waals surface area (Å²) in [6.07, 6.45) is 6.92. The van der Waals surface area contributed by atoms with Gasteiger partial charge in [0, 0.05) is 18.8 Å². The predicted molar refractivity (Wildman–Crippen MR) is 77.0 cm³/mol. The second kappa shape index (κ2) is 6.39. The maximum Gasteiger partial charge on any atom is 0.226 e. The molecular weight excluding hydrogens is 250 g/mol. The second-order valence-corrected chi connectivity index (χ2v) is 6.97. The van der Waals surface area contributed by atoms with Crippen LogP contribution in [-0.4, -0.2) is 10.1 Å². The van der Waals surface area contributed by atoms with Gasteiger partial charge < -0.3 is 4.52 Å². The average molecular weight is 275 g/mol. The quantitative estimate of drug-likeness (QED) is 0.771. The van der Waals surface area contributed by atoms with Gasteiger partial charge in [0.1, 0.15) is 0 Å². The summed E-state index contributed by atoms with van der Waals surface area (Å²) in [5.74, 6) is 2.83.